The Labute approximate surface area is 318 Å². The smallest absolute Gasteiger partial charge is 0.335 e. The third kappa shape index (κ3) is 8.62. The maximum Gasteiger partial charge on any atom is 0.335 e. The van der Waals surface area contributed by atoms with Crippen molar-refractivity contribution in [2.45, 2.75) is 133 Å². The number of rotatable bonds is 15. The summed E-state index contributed by atoms with van der Waals surface area (Å²) in [6.45, 7) is 17.6. The average molecular weight is 774 g/mol. The molecular formula is C41H61ClN2O6SSi. The fourth-order valence-electron chi connectivity index (χ4n) is 9.69. The van der Waals surface area contributed by atoms with Gasteiger partial charge in [-0.25, -0.2) is 18.4 Å². The summed E-state index contributed by atoms with van der Waals surface area (Å²) in [6, 6.07) is 11.5. The van der Waals surface area contributed by atoms with Gasteiger partial charge in [-0.05, 0) is 121 Å². The first-order chi connectivity index (χ1) is 24.5. The lowest BCUT2D eigenvalue weighted by Gasteiger charge is -2.45. The van der Waals surface area contributed by atoms with Crippen LogP contribution in [0.2, 0.25) is 21.6 Å². The second-order valence-corrected chi connectivity index (χ2v) is 24.3. The van der Waals surface area contributed by atoms with Crippen LogP contribution >= 0.6 is 11.6 Å². The van der Waals surface area contributed by atoms with Crippen LogP contribution in [-0.2, 0) is 26.3 Å². The number of aryl methyl sites for hydroxylation is 1. The van der Waals surface area contributed by atoms with E-state index in [-0.39, 0.29) is 17.1 Å². The van der Waals surface area contributed by atoms with Gasteiger partial charge >= 0.3 is 5.97 Å². The molecule has 0 aromatic heterocycles. The molecule has 5 atom stereocenters. The molecule has 1 aliphatic heterocycles. The number of benzene rings is 2. The predicted molar refractivity (Wildman–Crippen MR) is 215 cm³/mol. The minimum atomic E-state index is -3.65. The van der Waals surface area contributed by atoms with Crippen LogP contribution in [0.3, 0.4) is 0 Å². The monoisotopic (exact) mass is 772 g/mol. The first kappa shape index (κ1) is 40.8. The molecule has 2 unspecified atom stereocenters. The van der Waals surface area contributed by atoms with Crippen LogP contribution in [0.1, 0.15) is 115 Å². The van der Waals surface area contributed by atoms with E-state index in [0.29, 0.717) is 54.3 Å². The van der Waals surface area contributed by atoms with Gasteiger partial charge < -0.3 is 19.2 Å². The van der Waals surface area contributed by atoms with Gasteiger partial charge in [0.2, 0.25) is 18.3 Å². The molecule has 8 nitrogen and oxygen atoms in total. The zero-order valence-electron chi connectivity index (χ0n) is 32.2. The van der Waals surface area contributed by atoms with Gasteiger partial charge in [-0.15, -0.1) is 0 Å². The second kappa shape index (κ2) is 16.6. The first-order valence-corrected chi connectivity index (χ1v) is 23.5. The van der Waals surface area contributed by atoms with E-state index in [0.717, 1.165) is 61.7 Å². The van der Waals surface area contributed by atoms with E-state index in [1.807, 2.05) is 19.1 Å². The van der Waals surface area contributed by atoms with Gasteiger partial charge in [-0.3, -0.25) is 0 Å². The fourth-order valence-corrected chi connectivity index (χ4v) is 16.3. The molecule has 1 spiro atoms. The molecular weight excluding hydrogens is 712 g/mol. The molecule has 3 aliphatic rings. The van der Waals surface area contributed by atoms with E-state index in [1.54, 1.807) is 12.1 Å². The van der Waals surface area contributed by atoms with Gasteiger partial charge in [-0.2, -0.15) is 0 Å². The van der Waals surface area contributed by atoms with Gasteiger partial charge in [-0.1, -0.05) is 78.3 Å². The standard InChI is InChI=1S/C41H61ClN2O6SSi/c1-8-36(51(43,47)48)18-17-35(50-52(27(2)3,28(4)5)29(6)7)16-13-30-11-12-33(30)24-44-25-41(21-9-10-31-22-34(42)15-19-37(31)41)26-49-39-20-14-32(40(45)46)23-38(39)44/h13-16,19-20,22-23,27-30,33,35-36H,8-12,17-18,21,24-26H2,1-7H3,(H,45,46)(H2,43,47,48)/b16-13+/t30-,33-,35?,36?,41-/m0/s1. The lowest BCUT2D eigenvalue weighted by atomic mass is 9.69. The molecule has 3 N–H and O–H groups in total. The van der Waals surface area contributed by atoms with Crippen LogP contribution in [0.4, 0.5) is 5.69 Å². The van der Waals surface area contributed by atoms with Crippen molar-refractivity contribution in [3.63, 3.8) is 0 Å². The number of nitrogens with zero attached hydrogens (tertiary/aromatic N) is 1. The molecule has 0 saturated heterocycles. The van der Waals surface area contributed by atoms with E-state index < -0.39 is 29.6 Å². The highest BCUT2D eigenvalue weighted by Crippen LogP contribution is 2.47. The van der Waals surface area contributed by atoms with Crippen LogP contribution in [0.15, 0.2) is 48.6 Å². The van der Waals surface area contributed by atoms with Crippen molar-refractivity contribution in [1.82, 2.24) is 0 Å². The Morgan fingerprint density at radius 3 is 2.40 bits per heavy atom. The highest BCUT2D eigenvalue weighted by atomic mass is 35.5. The normalized spacial score (nSPS) is 23.3. The van der Waals surface area contributed by atoms with Crippen LogP contribution in [0, 0.1) is 11.8 Å². The molecule has 288 valence electrons. The number of sulfonamides is 1. The number of primary sulfonamides is 1. The molecule has 5 rings (SSSR count). The quantitative estimate of drug-likeness (QED) is 0.137. The van der Waals surface area contributed by atoms with Crippen LogP contribution in [0.25, 0.3) is 0 Å². The summed E-state index contributed by atoms with van der Waals surface area (Å²) >= 11 is 6.45. The molecule has 52 heavy (non-hydrogen) atoms. The number of allylic oxidation sites excluding steroid dienone is 1. The molecule has 2 aromatic rings. The Morgan fingerprint density at radius 1 is 1.10 bits per heavy atom. The van der Waals surface area contributed by atoms with Crippen molar-refractivity contribution >= 4 is 41.6 Å². The molecule has 1 heterocycles. The Bertz CT molecular complexity index is 1690. The number of hydrogen-bond acceptors (Lipinski definition) is 6. The molecule has 0 amide bonds. The van der Waals surface area contributed by atoms with E-state index in [1.165, 1.54) is 11.1 Å². The summed E-state index contributed by atoms with van der Waals surface area (Å²) in [5.74, 6) is 0.451. The third-order valence-electron chi connectivity index (χ3n) is 12.5. The Kier molecular flexibility index (Phi) is 13.0. The summed E-state index contributed by atoms with van der Waals surface area (Å²) in [7, 11) is -5.91. The zero-order chi connectivity index (χ0) is 38.0. The third-order valence-corrected chi connectivity index (χ3v) is 20.4. The minimum Gasteiger partial charge on any atom is -0.490 e. The van der Waals surface area contributed by atoms with Crippen LogP contribution in [-0.4, -0.2) is 58.9 Å². The topological polar surface area (TPSA) is 119 Å². The molecule has 2 aromatic carbocycles. The maximum atomic E-state index is 12.4. The SMILES string of the molecule is CCC(CCC(/C=C/[C@@H]1CC[C@H]1CN1C[C@@]2(CCCc3cc(Cl)ccc32)COc2ccc(C(=O)O)cc21)O[Si](C(C)C)(C(C)C)C(C)C)S(N)(=O)=O. The van der Waals surface area contributed by atoms with E-state index in [9.17, 15) is 18.3 Å². The van der Waals surface area contributed by atoms with Crippen molar-refractivity contribution in [3.8, 4) is 5.75 Å². The summed E-state index contributed by atoms with van der Waals surface area (Å²) < 4.78 is 38.6. The molecule has 1 fully saturated rings. The van der Waals surface area contributed by atoms with Crippen LogP contribution < -0.4 is 14.8 Å². The highest BCUT2D eigenvalue weighted by molar-refractivity contribution is 7.89. The number of carbonyl (C=O) groups is 1. The van der Waals surface area contributed by atoms with Crippen LogP contribution in [0.5, 0.6) is 5.75 Å². The zero-order valence-corrected chi connectivity index (χ0v) is 34.8. The van der Waals surface area contributed by atoms with Crippen molar-refractivity contribution in [2.24, 2.45) is 17.0 Å². The molecule has 0 bridgehead atoms. The van der Waals surface area contributed by atoms with Crippen molar-refractivity contribution in [3.05, 3.63) is 70.3 Å². The molecule has 2 aliphatic carbocycles. The van der Waals surface area contributed by atoms with E-state index in [2.05, 4.69) is 70.7 Å². The number of carboxylic acid groups (broad SMARTS) is 1. The summed E-state index contributed by atoms with van der Waals surface area (Å²) in [6.07, 6.45) is 11.0. The Hall–Kier alpha value is -2.37. The average Bonchev–Trinajstić information content (AvgIpc) is 3.21. The fraction of sp³-hybridized carbons (Fsp3) is 0.634. The highest BCUT2D eigenvalue weighted by Gasteiger charge is 2.47. The van der Waals surface area contributed by atoms with Gasteiger partial charge in [0.25, 0.3) is 0 Å². The lowest BCUT2D eigenvalue weighted by molar-refractivity contribution is 0.0697. The van der Waals surface area contributed by atoms with Crippen molar-refractivity contribution in [1.29, 1.82) is 0 Å². The lowest BCUT2D eigenvalue weighted by Crippen LogP contribution is -2.50. The number of nitrogens with two attached hydrogens (primary N) is 1. The minimum absolute atomic E-state index is 0.199. The molecule has 1 saturated carbocycles. The van der Waals surface area contributed by atoms with E-state index in [4.69, 9.17) is 25.9 Å². The maximum absolute atomic E-state index is 12.4. The number of halogens is 1. The van der Waals surface area contributed by atoms with Crippen molar-refractivity contribution in [2.75, 3.05) is 24.6 Å². The summed E-state index contributed by atoms with van der Waals surface area (Å²) in [4.78, 5) is 14.5. The summed E-state index contributed by atoms with van der Waals surface area (Å²) in [5.41, 5.74) is 4.59. The Balaban J connectivity index is 1.44. The van der Waals surface area contributed by atoms with E-state index >= 15 is 0 Å². The number of ether oxygens (including phenoxy) is 1. The molecule has 11 heteroatoms. The van der Waals surface area contributed by atoms with Gasteiger partial charge in [0, 0.05) is 23.5 Å². The second-order valence-electron chi connectivity index (χ2n) is 16.6. The number of hydrogen-bond donors (Lipinski definition) is 2. The van der Waals surface area contributed by atoms with Gasteiger partial charge in [0.15, 0.2) is 0 Å². The predicted octanol–water partition coefficient (Wildman–Crippen LogP) is 9.50. The number of carboxylic acids is 1. The summed E-state index contributed by atoms with van der Waals surface area (Å²) in [5, 5.41) is 15.7. The Morgan fingerprint density at radius 2 is 1.81 bits per heavy atom. The molecule has 0 radical (unpaired) electrons. The first-order valence-electron chi connectivity index (χ1n) is 19.4. The van der Waals surface area contributed by atoms with Crippen molar-refractivity contribution < 1.29 is 27.5 Å². The largest absolute Gasteiger partial charge is 0.490 e. The van der Waals surface area contributed by atoms with Gasteiger partial charge in [0.05, 0.1) is 29.2 Å². The van der Waals surface area contributed by atoms with Gasteiger partial charge in [0.1, 0.15) is 5.75 Å². The number of anilines is 1. The number of aromatic carboxylic acids is 1. The number of fused-ring (bicyclic) bond motifs is 3.